The van der Waals surface area contributed by atoms with Crippen LogP contribution in [0.15, 0.2) is 6.20 Å². The fourth-order valence-electron chi connectivity index (χ4n) is 1.21. The molecular formula is C9H12NO5P. The van der Waals surface area contributed by atoms with Gasteiger partial charge in [0.25, 0.3) is 0 Å². The van der Waals surface area contributed by atoms with Gasteiger partial charge in [-0.3, -0.25) is 14.3 Å². The van der Waals surface area contributed by atoms with Gasteiger partial charge in [0.1, 0.15) is 0 Å². The summed E-state index contributed by atoms with van der Waals surface area (Å²) in [7, 11) is -4.53. The molecule has 1 rings (SSSR count). The van der Waals surface area contributed by atoms with E-state index in [9.17, 15) is 9.36 Å². The number of hydrogen-bond acceptors (Lipinski definition) is 4. The van der Waals surface area contributed by atoms with Gasteiger partial charge in [0.15, 0.2) is 6.29 Å². The van der Waals surface area contributed by atoms with Crippen LogP contribution in [0, 0.1) is 13.8 Å². The molecule has 0 atom stereocenters. The van der Waals surface area contributed by atoms with Gasteiger partial charge in [-0.2, -0.15) is 0 Å². The van der Waals surface area contributed by atoms with Crippen LogP contribution >= 0.6 is 7.82 Å². The van der Waals surface area contributed by atoms with E-state index in [0.717, 1.165) is 0 Å². The molecule has 7 heteroatoms. The number of rotatable bonds is 4. The molecule has 0 amide bonds. The maximum Gasteiger partial charge on any atom is 0.469 e. The van der Waals surface area contributed by atoms with Crippen LogP contribution in [0.3, 0.4) is 0 Å². The maximum absolute atomic E-state index is 10.8. The largest absolute Gasteiger partial charge is 0.469 e. The highest BCUT2D eigenvalue weighted by Crippen LogP contribution is 2.37. The summed E-state index contributed by atoms with van der Waals surface area (Å²) in [6.45, 7) is 3.12. The molecule has 0 fully saturated rings. The molecule has 1 aromatic heterocycles. The number of nitrogens with zero attached hydrogens (tertiary/aromatic N) is 1. The summed E-state index contributed by atoms with van der Waals surface area (Å²) in [6, 6.07) is 0. The van der Waals surface area contributed by atoms with Crippen molar-refractivity contribution in [2.45, 2.75) is 20.5 Å². The van der Waals surface area contributed by atoms with Gasteiger partial charge in [-0.05, 0) is 19.4 Å². The predicted molar refractivity (Wildman–Crippen MR) is 55.9 cm³/mol. The minimum absolute atomic E-state index is 0.341. The standard InChI is InChI=1S/C9H12NO5P/c1-6-7(2)10-3-8(9(6)4-11)5-15-16(12,13)14/h3-4H,5H2,1-2H3,(H2,12,13,14). The van der Waals surface area contributed by atoms with Crippen molar-refractivity contribution in [1.29, 1.82) is 0 Å². The minimum Gasteiger partial charge on any atom is -0.303 e. The summed E-state index contributed by atoms with van der Waals surface area (Å²) in [5.41, 5.74) is 2.10. The Bertz CT molecular complexity index is 453. The van der Waals surface area contributed by atoms with Crippen molar-refractivity contribution >= 4 is 14.1 Å². The molecular weight excluding hydrogens is 233 g/mol. The fourth-order valence-corrected chi connectivity index (χ4v) is 1.52. The Morgan fingerprint density at radius 3 is 2.62 bits per heavy atom. The van der Waals surface area contributed by atoms with E-state index in [4.69, 9.17) is 9.79 Å². The Hall–Kier alpha value is -1.07. The SMILES string of the molecule is Cc1ncc(COP(=O)(O)O)c(C=O)c1C. The Morgan fingerprint density at radius 2 is 2.12 bits per heavy atom. The van der Waals surface area contributed by atoms with E-state index < -0.39 is 7.82 Å². The molecule has 0 saturated carbocycles. The molecule has 0 aliphatic heterocycles. The van der Waals surface area contributed by atoms with Crippen LogP contribution in [-0.4, -0.2) is 21.1 Å². The summed E-state index contributed by atoms with van der Waals surface area (Å²) in [6.07, 6.45) is 2.00. The quantitative estimate of drug-likeness (QED) is 0.609. The lowest BCUT2D eigenvalue weighted by atomic mass is 10.0. The van der Waals surface area contributed by atoms with E-state index in [1.807, 2.05) is 0 Å². The predicted octanol–water partition coefficient (Wildman–Crippen LogP) is 1.12. The highest BCUT2D eigenvalue weighted by Gasteiger charge is 2.16. The summed E-state index contributed by atoms with van der Waals surface area (Å²) < 4.78 is 14.8. The van der Waals surface area contributed by atoms with Gasteiger partial charge in [-0.15, -0.1) is 0 Å². The first-order chi connectivity index (χ1) is 7.35. The Balaban J connectivity index is 3.01. The van der Waals surface area contributed by atoms with E-state index in [1.54, 1.807) is 13.8 Å². The second-order valence-corrected chi connectivity index (χ2v) is 4.53. The van der Waals surface area contributed by atoms with Crippen LogP contribution in [0.2, 0.25) is 0 Å². The van der Waals surface area contributed by atoms with Gasteiger partial charge in [0, 0.05) is 23.0 Å². The topological polar surface area (TPSA) is 96.7 Å². The molecule has 88 valence electrons. The molecule has 0 spiro atoms. The molecule has 6 nitrogen and oxygen atoms in total. The van der Waals surface area contributed by atoms with E-state index in [-0.39, 0.29) is 6.61 Å². The zero-order chi connectivity index (χ0) is 12.3. The number of carbonyl (C=O) groups is 1. The highest BCUT2D eigenvalue weighted by molar-refractivity contribution is 7.46. The van der Waals surface area contributed by atoms with Gasteiger partial charge >= 0.3 is 7.82 Å². The molecule has 2 N–H and O–H groups in total. The third kappa shape index (κ3) is 3.21. The summed E-state index contributed by atoms with van der Waals surface area (Å²) >= 11 is 0. The van der Waals surface area contributed by atoms with Crippen LogP contribution in [0.1, 0.15) is 27.2 Å². The molecule has 1 aromatic rings. The number of phosphoric ester groups is 1. The van der Waals surface area contributed by atoms with Gasteiger partial charge in [-0.25, -0.2) is 4.57 Å². The molecule has 16 heavy (non-hydrogen) atoms. The first kappa shape index (κ1) is 13.0. The van der Waals surface area contributed by atoms with Crippen LogP contribution in [-0.2, 0) is 15.7 Å². The minimum atomic E-state index is -4.53. The lowest BCUT2D eigenvalue weighted by molar-refractivity contribution is 0.111. The van der Waals surface area contributed by atoms with Crippen molar-refractivity contribution in [2.75, 3.05) is 0 Å². The van der Waals surface area contributed by atoms with Crippen LogP contribution < -0.4 is 0 Å². The second-order valence-electron chi connectivity index (χ2n) is 3.29. The first-order valence-corrected chi connectivity index (χ1v) is 5.98. The Kier molecular flexibility index (Phi) is 3.93. The monoisotopic (exact) mass is 245 g/mol. The van der Waals surface area contributed by atoms with E-state index in [2.05, 4.69) is 9.51 Å². The molecule has 0 bridgehead atoms. The number of aromatic nitrogens is 1. The number of carbonyl (C=O) groups excluding carboxylic acids is 1. The average molecular weight is 245 g/mol. The molecule has 0 unspecified atom stereocenters. The summed E-state index contributed by atoms with van der Waals surface area (Å²) in [5, 5.41) is 0. The first-order valence-electron chi connectivity index (χ1n) is 4.45. The van der Waals surface area contributed by atoms with E-state index >= 15 is 0 Å². The van der Waals surface area contributed by atoms with Gasteiger partial charge < -0.3 is 9.79 Å². The molecule has 0 radical (unpaired) electrons. The normalized spacial score (nSPS) is 11.5. The van der Waals surface area contributed by atoms with Crippen LogP contribution in [0.25, 0.3) is 0 Å². The molecule has 0 aliphatic carbocycles. The van der Waals surface area contributed by atoms with Crippen LogP contribution in [0.5, 0.6) is 0 Å². The fraction of sp³-hybridized carbons (Fsp3) is 0.333. The summed E-state index contributed by atoms with van der Waals surface area (Å²) in [4.78, 5) is 31.9. The van der Waals surface area contributed by atoms with E-state index in [0.29, 0.717) is 28.7 Å². The third-order valence-corrected chi connectivity index (χ3v) is 2.68. The number of pyridine rings is 1. The van der Waals surface area contributed by atoms with Crippen molar-refractivity contribution in [1.82, 2.24) is 4.98 Å². The third-order valence-electron chi connectivity index (χ3n) is 2.21. The van der Waals surface area contributed by atoms with Gasteiger partial charge in [0.05, 0.1) is 6.61 Å². The molecule has 0 saturated heterocycles. The van der Waals surface area contributed by atoms with Gasteiger partial charge in [-0.1, -0.05) is 0 Å². The lowest BCUT2D eigenvalue weighted by Gasteiger charge is -2.10. The van der Waals surface area contributed by atoms with Crippen molar-refractivity contribution in [3.05, 3.63) is 28.6 Å². The van der Waals surface area contributed by atoms with Crippen molar-refractivity contribution in [2.24, 2.45) is 0 Å². The Labute approximate surface area is 92.5 Å². The number of aryl methyl sites for hydroxylation is 1. The number of phosphoric acid groups is 1. The zero-order valence-electron chi connectivity index (χ0n) is 8.88. The van der Waals surface area contributed by atoms with Crippen molar-refractivity contribution < 1.29 is 23.7 Å². The highest BCUT2D eigenvalue weighted by atomic mass is 31.2. The van der Waals surface area contributed by atoms with E-state index in [1.165, 1.54) is 6.20 Å². The van der Waals surface area contributed by atoms with Crippen LogP contribution in [0.4, 0.5) is 0 Å². The molecule has 1 heterocycles. The smallest absolute Gasteiger partial charge is 0.303 e. The van der Waals surface area contributed by atoms with Crippen molar-refractivity contribution in [3.63, 3.8) is 0 Å². The summed E-state index contributed by atoms with van der Waals surface area (Å²) in [5.74, 6) is 0. The second kappa shape index (κ2) is 4.84. The zero-order valence-corrected chi connectivity index (χ0v) is 9.77. The Morgan fingerprint density at radius 1 is 1.50 bits per heavy atom. The van der Waals surface area contributed by atoms with Gasteiger partial charge in [0.2, 0.25) is 0 Å². The number of aldehydes is 1. The average Bonchev–Trinajstić information content (AvgIpc) is 2.18. The number of hydrogen-bond donors (Lipinski definition) is 2. The molecule has 0 aromatic carbocycles. The molecule has 0 aliphatic rings. The maximum atomic E-state index is 10.8. The lowest BCUT2D eigenvalue weighted by Crippen LogP contribution is -2.02. The van der Waals surface area contributed by atoms with Crippen molar-refractivity contribution in [3.8, 4) is 0 Å².